The Morgan fingerprint density at radius 1 is 0.208 bits per heavy atom. The van der Waals surface area contributed by atoms with Gasteiger partial charge in [0.2, 0.25) is 0 Å². The van der Waals surface area contributed by atoms with E-state index in [9.17, 15) is 0 Å². The Morgan fingerprint density at radius 3 is 0.375 bits per heavy atom. The summed E-state index contributed by atoms with van der Waals surface area (Å²) in [6.45, 7) is 0. The van der Waals surface area contributed by atoms with E-state index in [-0.39, 0.29) is 0 Å². The second-order valence-corrected chi connectivity index (χ2v) is 10.1. The van der Waals surface area contributed by atoms with Crippen LogP contribution in [-0.4, -0.2) is 0 Å². The third kappa shape index (κ3) is 4.21. The fourth-order valence-corrected chi connectivity index (χ4v) is 5.47. The first kappa shape index (κ1) is 17.4. The van der Waals surface area contributed by atoms with Gasteiger partial charge >= 0.3 is 0 Å². The van der Waals surface area contributed by atoms with Crippen LogP contribution in [0.2, 0.25) is 0 Å². The summed E-state index contributed by atoms with van der Waals surface area (Å²) in [5.74, 6) is 7.10. The van der Waals surface area contributed by atoms with Crippen LogP contribution in [0, 0.1) is 35.5 Å². The van der Waals surface area contributed by atoms with E-state index in [4.69, 9.17) is 0 Å². The molecule has 6 saturated carbocycles. The van der Waals surface area contributed by atoms with Crippen LogP contribution in [0.3, 0.4) is 0 Å². The van der Waals surface area contributed by atoms with Gasteiger partial charge in [-0.2, -0.15) is 0 Å². The van der Waals surface area contributed by atoms with Crippen molar-refractivity contribution in [1.29, 1.82) is 0 Å². The fourth-order valence-electron chi connectivity index (χ4n) is 5.47. The minimum atomic E-state index is 1.18. The molecule has 6 rings (SSSR count). The zero-order chi connectivity index (χ0) is 16.2. The van der Waals surface area contributed by atoms with Gasteiger partial charge in [-0.25, -0.2) is 0 Å². The van der Waals surface area contributed by atoms with Crippen LogP contribution in [-0.2, 0) is 0 Å². The van der Waals surface area contributed by atoms with E-state index in [1.165, 1.54) is 74.0 Å². The van der Waals surface area contributed by atoms with Gasteiger partial charge in [0.25, 0.3) is 0 Å². The molecule has 24 heavy (non-hydrogen) atoms. The number of hydrogen-bond donors (Lipinski definition) is 0. The third-order valence-corrected chi connectivity index (χ3v) is 8.90. The van der Waals surface area contributed by atoms with E-state index < -0.39 is 0 Å². The van der Waals surface area contributed by atoms with Crippen molar-refractivity contribution >= 4 is 0 Å². The standard InChI is InChI=1S/3C8H14/c3*1-3-7(4-1)8-5-2-6-8/h3*7-8H,1-6H2. The molecule has 6 aliphatic rings. The molecule has 0 heterocycles. The Labute approximate surface area is 151 Å². The topological polar surface area (TPSA) is 0 Å². The first-order valence-electron chi connectivity index (χ1n) is 11.9. The van der Waals surface area contributed by atoms with Crippen LogP contribution in [0.25, 0.3) is 0 Å². The van der Waals surface area contributed by atoms with Crippen LogP contribution < -0.4 is 0 Å². The summed E-state index contributed by atoms with van der Waals surface area (Å²) >= 11 is 0. The van der Waals surface area contributed by atoms with Crippen LogP contribution in [0.1, 0.15) is 116 Å². The lowest BCUT2D eigenvalue weighted by molar-refractivity contribution is 0.129. The first-order valence-corrected chi connectivity index (χ1v) is 11.9. The molecule has 0 radical (unpaired) electrons. The Hall–Kier alpha value is 0. The fraction of sp³-hybridized carbons (Fsp3) is 1.00. The molecule has 0 N–H and O–H groups in total. The van der Waals surface area contributed by atoms with E-state index in [0.717, 1.165) is 0 Å². The molecule has 0 heteroatoms. The van der Waals surface area contributed by atoms with Crippen molar-refractivity contribution in [3.05, 3.63) is 0 Å². The Bertz CT molecular complexity index is 255. The molecule has 0 aromatic heterocycles. The molecule has 0 aliphatic heterocycles. The lowest BCUT2D eigenvalue weighted by Gasteiger charge is -2.39. The molecular formula is C24H42. The van der Waals surface area contributed by atoms with Gasteiger partial charge in [0.05, 0.1) is 0 Å². The molecule has 0 bridgehead atoms. The van der Waals surface area contributed by atoms with E-state index >= 15 is 0 Å². The minimum absolute atomic E-state index is 1.18. The van der Waals surface area contributed by atoms with E-state index in [2.05, 4.69) is 0 Å². The number of hydrogen-bond acceptors (Lipinski definition) is 0. The minimum Gasteiger partial charge on any atom is -0.0528 e. The lowest BCUT2D eigenvalue weighted by atomic mass is 9.67. The second-order valence-electron chi connectivity index (χ2n) is 10.1. The van der Waals surface area contributed by atoms with Gasteiger partial charge in [-0.1, -0.05) is 116 Å². The summed E-state index contributed by atoms with van der Waals surface area (Å²) in [6, 6.07) is 0. The van der Waals surface area contributed by atoms with Crippen molar-refractivity contribution < 1.29 is 0 Å². The molecule has 0 spiro atoms. The highest BCUT2D eigenvalue weighted by molar-refractivity contribution is 4.83. The third-order valence-electron chi connectivity index (χ3n) is 8.90. The van der Waals surface area contributed by atoms with Gasteiger partial charge < -0.3 is 0 Å². The average Bonchev–Trinajstić information content (AvgIpc) is 2.27. The normalized spacial score (nSPS) is 31.5. The molecule has 0 atom stereocenters. The zero-order valence-electron chi connectivity index (χ0n) is 16.2. The summed E-state index contributed by atoms with van der Waals surface area (Å²) in [5.41, 5.74) is 0. The van der Waals surface area contributed by atoms with Crippen molar-refractivity contribution in [2.75, 3.05) is 0 Å². The highest BCUT2D eigenvalue weighted by Crippen LogP contribution is 2.44. The molecule has 0 saturated heterocycles. The zero-order valence-corrected chi connectivity index (χ0v) is 16.2. The monoisotopic (exact) mass is 330 g/mol. The van der Waals surface area contributed by atoms with Gasteiger partial charge in [0.15, 0.2) is 0 Å². The molecule has 0 unspecified atom stereocenters. The van der Waals surface area contributed by atoms with Gasteiger partial charge in [-0.3, -0.25) is 0 Å². The predicted octanol–water partition coefficient (Wildman–Crippen LogP) is 7.76. The van der Waals surface area contributed by atoms with E-state index in [0.29, 0.717) is 0 Å². The van der Waals surface area contributed by atoms with Crippen LogP contribution in [0.4, 0.5) is 0 Å². The highest BCUT2D eigenvalue weighted by Gasteiger charge is 2.32. The van der Waals surface area contributed by atoms with Crippen LogP contribution in [0.15, 0.2) is 0 Å². The molecule has 138 valence electrons. The predicted molar refractivity (Wildman–Crippen MR) is 104 cm³/mol. The van der Waals surface area contributed by atoms with Crippen molar-refractivity contribution in [3.63, 3.8) is 0 Å². The quantitative estimate of drug-likeness (QED) is 0.496. The molecule has 0 aromatic rings. The number of rotatable bonds is 3. The maximum Gasteiger partial charge on any atom is -0.0386 e. The smallest absolute Gasteiger partial charge is 0.0386 e. The van der Waals surface area contributed by atoms with Gasteiger partial charge in [-0.05, 0) is 35.5 Å². The van der Waals surface area contributed by atoms with Crippen molar-refractivity contribution in [2.45, 2.75) is 116 Å². The highest BCUT2D eigenvalue weighted by atomic mass is 14.4. The molecule has 0 amide bonds. The van der Waals surface area contributed by atoms with Crippen molar-refractivity contribution in [3.8, 4) is 0 Å². The summed E-state index contributed by atoms with van der Waals surface area (Å²) in [4.78, 5) is 0. The maximum absolute atomic E-state index is 1.56. The largest absolute Gasteiger partial charge is 0.0528 e. The second kappa shape index (κ2) is 8.59. The van der Waals surface area contributed by atoms with Crippen LogP contribution >= 0.6 is 0 Å². The molecule has 6 fully saturated rings. The Morgan fingerprint density at radius 2 is 0.333 bits per heavy atom. The first-order chi connectivity index (χ1) is 11.9. The Kier molecular flexibility index (Phi) is 6.23. The Balaban J connectivity index is 0.0000000911. The van der Waals surface area contributed by atoms with E-state index in [1.54, 1.807) is 77.0 Å². The van der Waals surface area contributed by atoms with Crippen molar-refractivity contribution in [2.24, 2.45) is 35.5 Å². The molecule has 0 nitrogen and oxygen atoms in total. The maximum atomic E-state index is 1.56. The SMILES string of the molecule is C1CC(C2CCC2)C1.C1CC(C2CCC2)C1.C1CC(C2CCC2)C1. The summed E-state index contributed by atoms with van der Waals surface area (Å²) < 4.78 is 0. The van der Waals surface area contributed by atoms with Crippen LogP contribution in [0.5, 0.6) is 0 Å². The average molecular weight is 331 g/mol. The molecular weight excluding hydrogens is 288 g/mol. The van der Waals surface area contributed by atoms with Gasteiger partial charge in [0, 0.05) is 0 Å². The summed E-state index contributed by atoms with van der Waals surface area (Å²) in [5, 5.41) is 0. The van der Waals surface area contributed by atoms with Crippen molar-refractivity contribution in [1.82, 2.24) is 0 Å². The van der Waals surface area contributed by atoms with Gasteiger partial charge in [-0.15, -0.1) is 0 Å². The van der Waals surface area contributed by atoms with Gasteiger partial charge in [0.1, 0.15) is 0 Å². The molecule has 6 aliphatic carbocycles. The lowest BCUT2D eigenvalue weighted by Crippen LogP contribution is -2.26. The van der Waals surface area contributed by atoms with E-state index in [1.807, 2.05) is 0 Å². The summed E-state index contributed by atoms with van der Waals surface area (Å²) in [7, 11) is 0. The molecule has 0 aromatic carbocycles. The summed E-state index contributed by atoms with van der Waals surface area (Å²) in [6.07, 6.45) is 27.9.